The molecule has 172 valence electrons. The van der Waals surface area contributed by atoms with Crippen LogP contribution in [-0.2, 0) is 6.42 Å². The molecule has 37 heavy (non-hydrogen) atoms. The topological polar surface area (TPSA) is 35.1 Å². The molecular formula is C33H20N4. The van der Waals surface area contributed by atoms with E-state index in [4.69, 9.17) is 9.97 Å². The monoisotopic (exact) mass is 472 g/mol. The summed E-state index contributed by atoms with van der Waals surface area (Å²) in [6.45, 7) is 0. The molecule has 0 radical (unpaired) electrons. The summed E-state index contributed by atoms with van der Waals surface area (Å²) in [7, 11) is 0. The van der Waals surface area contributed by atoms with E-state index < -0.39 is 0 Å². The second-order valence-electron chi connectivity index (χ2n) is 9.90. The minimum Gasteiger partial charge on any atom is -0.309 e. The molecule has 0 aliphatic heterocycles. The number of nitrogens with zero attached hydrogens (tertiary/aromatic N) is 4. The molecule has 0 N–H and O–H groups in total. The van der Waals surface area contributed by atoms with Crippen LogP contribution in [0, 0.1) is 0 Å². The zero-order valence-corrected chi connectivity index (χ0v) is 19.9. The summed E-state index contributed by atoms with van der Waals surface area (Å²) in [6, 6.07) is 33.0. The van der Waals surface area contributed by atoms with Crippen LogP contribution in [0.25, 0.3) is 66.1 Å². The Labute approximate surface area is 212 Å². The number of imidazole rings is 1. The highest BCUT2D eigenvalue weighted by molar-refractivity contribution is 6.21. The van der Waals surface area contributed by atoms with E-state index in [0.29, 0.717) is 0 Å². The van der Waals surface area contributed by atoms with E-state index in [9.17, 15) is 0 Å². The van der Waals surface area contributed by atoms with Crippen molar-refractivity contribution >= 4 is 49.3 Å². The molecule has 1 aliphatic rings. The molecule has 8 aromatic rings. The molecule has 4 heteroatoms. The van der Waals surface area contributed by atoms with Crippen LogP contribution in [0.3, 0.4) is 0 Å². The molecule has 0 amide bonds. The van der Waals surface area contributed by atoms with Gasteiger partial charge in [-0.1, -0.05) is 48.5 Å². The lowest BCUT2D eigenvalue weighted by atomic mass is 9.99. The van der Waals surface area contributed by atoms with Gasteiger partial charge < -0.3 is 4.57 Å². The molecule has 4 aromatic carbocycles. The van der Waals surface area contributed by atoms with Crippen LogP contribution in [0.2, 0.25) is 0 Å². The number of rotatable bonds is 1. The molecule has 0 spiro atoms. The number of hydrogen-bond donors (Lipinski definition) is 0. The average molecular weight is 473 g/mol. The first-order chi connectivity index (χ1) is 18.4. The molecule has 1 aliphatic carbocycles. The normalized spacial score (nSPS) is 12.8. The first-order valence-corrected chi connectivity index (χ1v) is 12.6. The second kappa shape index (κ2) is 6.83. The minimum absolute atomic E-state index is 0.931. The van der Waals surface area contributed by atoms with Gasteiger partial charge in [0.1, 0.15) is 11.3 Å². The second-order valence-corrected chi connectivity index (χ2v) is 9.90. The van der Waals surface area contributed by atoms with Crippen molar-refractivity contribution in [3.05, 3.63) is 121 Å². The van der Waals surface area contributed by atoms with Gasteiger partial charge >= 0.3 is 0 Å². The Balaban J connectivity index is 1.53. The maximum Gasteiger partial charge on any atom is 0.146 e. The third-order valence-corrected chi connectivity index (χ3v) is 8.05. The zero-order valence-electron chi connectivity index (χ0n) is 19.9. The SMILES string of the molecule is c1ccc(-n2c3cc4c5cccnc5n5ccnc5c4cc3c3c4c(ccc32)-c2ccccc2C4)cc1. The van der Waals surface area contributed by atoms with E-state index >= 15 is 0 Å². The van der Waals surface area contributed by atoms with Crippen LogP contribution in [0.1, 0.15) is 11.1 Å². The Kier molecular flexibility index (Phi) is 3.55. The summed E-state index contributed by atoms with van der Waals surface area (Å²) < 4.78 is 4.53. The largest absolute Gasteiger partial charge is 0.309 e. The summed E-state index contributed by atoms with van der Waals surface area (Å²) >= 11 is 0. The zero-order chi connectivity index (χ0) is 24.1. The maximum atomic E-state index is 4.77. The Bertz CT molecular complexity index is 2220. The fourth-order valence-corrected chi connectivity index (χ4v) is 6.53. The van der Waals surface area contributed by atoms with Crippen LogP contribution in [0.4, 0.5) is 0 Å². The average Bonchev–Trinajstić information content (AvgIpc) is 3.66. The van der Waals surface area contributed by atoms with Gasteiger partial charge in [-0.15, -0.1) is 0 Å². The first kappa shape index (κ1) is 19.3. The Hall–Kier alpha value is -4.96. The summed E-state index contributed by atoms with van der Waals surface area (Å²) in [4.78, 5) is 9.49. The molecule has 0 saturated heterocycles. The van der Waals surface area contributed by atoms with Crippen LogP contribution in [-0.4, -0.2) is 18.9 Å². The predicted octanol–water partition coefficient (Wildman–Crippen LogP) is 7.70. The summed E-state index contributed by atoms with van der Waals surface area (Å²) in [6.07, 6.45) is 6.69. The van der Waals surface area contributed by atoms with Gasteiger partial charge in [-0.3, -0.25) is 4.40 Å². The third-order valence-electron chi connectivity index (χ3n) is 8.05. The number of hydrogen-bond acceptors (Lipinski definition) is 2. The summed E-state index contributed by atoms with van der Waals surface area (Å²) in [5.74, 6) is 0. The predicted molar refractivity (Wildman–Crippen MR) is 151 cm³/mol. The Morgan fingerprint density at radius 2 is 1.43 bits per heavy atom. The van der Waals surface area contributed by atoms with Crippen molar-refractivity contribution in [1.29, 1.82) is 0 Å². The van der Waals surface area contributed by atoms with Crippen molar-refractivity contribution in [2.45, 2.75) is 6.42 Å². The molecule has 4 aromatic heterocycles. The van der Waals surface area contributed by atoms with E-state index in [0.717, 1.165) is 28.5 Å². The lowest BCUT2D eigenvalue weighted by molar-refractivity contribution is 1.18. The van der Waals surface area contributed by atoms with Gasteiger partial charge in [0.15, 0.2) is 0 Å². The van der Waals surface area contributed by atoms with Crippen molar-refractivity contribution in [3.63, 3.8) is 0 Å². The van der Waals surface area contributed by atoms with Crippen LogP contribution in [0.15, 0.2) is 110 Å². The van der Waals surface area contributed by atoms with Crippen molar-refractivity contribution in [2.24, 2.45) is 0 Å². The van der Waals surface area contributed by atoms with E-state index in [1.54, 1.807) is 0 Å². The van der Waals surface area contributed by atoms with Crippen LogP contribution < -0.4 is 0 Å². The number of para-hydroxylation sites is 1. The van der Waals surface area contributed by atoms with Gasteiger partial charge in [0.2, 0.25) is 0 Å². The van der Waals surface area contributed by atoms with Gasteiger partial charge in [0.25, 0.3) is 0 Å². The van der Waals surface area contributed by atoms with Gasteiger partial charge in [-0.25, -0.2) is 9.97 Å². The smallest absolute Gasteiger partial charge is 0.146 e. The molecular weight excluding hydrogens is 452 g/mol. The molecule has 4 nitrogen and oxygen atoms in total. The highest BCUT2D eigenvalue weighted by atomic mass is 15.0. The number of benzene rings is 4. The van der Waals surface area contributed by atoms with Crippen molar-refractivity contribution in [1.82, 2.24) is 18.9 Å². The molecule has 9 rings (SSSR count). The summed E-state index contributed by atoms with van der Waals surface area (Å²) in [5.41, 5.74) is 11.0. The Morgan fingerprint density at radius 3 is 2.38 bits per heavy atom. The first-order valence-electron chi connectivity index (χ1n) is 12.6. The number of fused-ring (bicyclic) bond motifs is 13. The fourth-order valence-electron chi connectivity index (χ4n) is 6.53. The quantitative estimate of drug-likeness (QED) is 0.229. The standard InChI is InChI=1S/C33H20N4/c1-2-8-21(9-3-1)37-29-13-12-23-22-10-5-4-7-20(22)17-26(23)31(29)28-18-27-25(19-30(28)37)24-11-6-14-34-32(24)36-16-15-35-33(27)36/h1-16,18-19H,17H2. The van der Waals surface area contributed by atoms with Crippen molar-refractivity contribution < 1.29 is 0 Å². The van der Waals surface area contributed by atoms with E-state index in [1.807, 2.05) is 24.7 Å². The minimum atomic E-state index is 0.931. The lowest BCUT2D eigenvalue weighted by Gasteiger charge is -2.10. The molecule has 4 heterocycles. The lowest BCUT2D eigenvalue weighted by Crippen LogP contribution is -1.95. The molecule has 0 fully saturated rings. The van der Waals surface area contributed by atoms with E-state index in [1.165, 1.54) is 55.1 Å². The van der Waals surface area contributed by atoms with E-state index in [2.05, 4.69) is 93.9 Å². The van der Waals surface area contributed by atoms with Gasteiger partial charge in [-0.2, -0.15) is 0 Å². The van der Waals surface area contributed by atoms with Gasteiger partial charge in [-0.05, 0) is 76.5 Å². The van der Waals surface area contributed by atoms with Crippen molar-refractivity contribution in [2.75, 3.05) is 0 Å². The number of pyridine rings is 2. The van der Waals surface area contributed by atoms with Crippen molar-refractivity contribution in [3.8, 4) is 16.8 Å². The highest BCUT2D eigenvalue weighted by Gasteiger charge is 2.25. The van der Waals surface area contributed by atoms with Crippen LogP contribution in [0.5, 0.6) is 0 Å². The molecule has 0 saturated carbocycles. The fraction of sp³-hybridized carbons (Fsp3) is 0.0303. The number of aromatic nitrogens is 4. The van der Waals surface area contributed by atoms with Crippen LogP contribution >= 0.6 is 0 Å². The molecule has 0 unspecified atom stereocenters. The molecule has 0 bridgehead atoms. The third kappa shape index (κ3) is 2.42. The summed E-state index contributed by atoms with van der Waals surface area (Å²) in [5, 5.41) is 6.06. The molecule has 0 atom stereocenters. The van der Waals surface area contributed by atoms with Gasteiger partial charge in [0.05, 0.1) is 11.0 Å². The Morgan fingerprint density at radius 1 is 0.595 bits per heavy atom. The van der Waals surface area contributed by atoms with Gasteiger partial charge in [0, 0.05) is 45.8 Å². The van der Waals surface area contributed by atoms with E-state index in [-0.39, 0.29) is 0 Å². The highest BCUT2D eigenvalue weighted by Crippen LogP contribution is 2.45. The maximum absolute atomic E-state index is 4.77.